The predicted molar refractivity (Wildman–Crippen MR) is 142 cm³/mol. The highest BCUT2D eigenvalue weighted by atomic mass is 19.2. The number of carboxylic acid groups (broad SMARTS) is 1. The molecule has 210 valence electrons. The van der Waals surface area contributed by atoms with Gasteiger partial charge in [0.25, 0.3) is 0 Å². The van der Waals surface area contributed by atoms with E-state index in [4.69, 9.17) is 4.74 Å². The van der Waals surface area contributed by atoms with E-state index in [9.17, 15) is 28.2 Å². The van der Waals surface area contributed by atoms with Gasteiger partial charge in [-0.3, -0.25) is 9.78 Å². The molecule has 1 fully saturated rings. The van der Waals surface area contributed by atoms with E-state index >= 15 is 0 Å². The molecule has 0 spiro atoms. The van der Waals surface area contributed by atoms with Gasteiger partial charge in [0.1, 0.15) is 11.6 Å². The molecule has 4 rings (SSSR count). The zero-order valence-corrected chi connectivity index (χ0v) is 22.4. The van der Waals surface area contributed by atoms with Crippen molar-refractivity contribution in [3.8, 4) is 5.75 Å². The van der Waals surface area contributed by atoms with Gasteiger partial charge in [-0.1, -0.05) is 0 Å². The summed E-state index contributed by atoms with van der Waals surface area (Å²) < 4.78 is 46.3. The first-order valence-electron chi connectivity index (χ1n) is 13.3. The van der Waals surface area contributed by atoms with Crippen molar-refractivity contribution in [2.45, 2.75) is 58.0 Å². The van der Waals surface area contributed by atoms with Gasteiger partial charge in [0, 0.05) is 17.6 Å². The number of pyridine rings is 1. The fourth-order valence-electron chi connectivity index (χ4n) is 5.82. The van der Waals surface area contributed by atoms with Gasteiger partial charge in [-0.15, -0.1) is 0 Å². The first-order valence-corrected chi connectivity index (χ1v) is 13.3. The summed E-state index contributed by atoms with van der Waals surface area (Å²) in [5.41, 5.74) is 1.97. The summed E-state index contributed by atoms with van der Waals surface area (Å²) in [5, 5.41) is 21.8. The lowest BCUT2D eigenvalue weighted by atomic mass is 9.71. The SMILES string of the molecule is COc1ccc2ncc(C)c([C@H](O)CCC3(CC(=O)O)CCN(CCCc4cc(F)cc(F)c4F)CC3)c2c1. The standard InChI is InChI=1S/C30H35F3N2O4/c1-19-18-34-25-6-5-22(39-2)16-23(25)28(19)26(36)7-8-30(17-27(37)38)9-12-35(13-10-30)11-3-4-20-14-21(31)15-24(32)29(20)33/h5-6,14-16,18,26,36H,3-4,7-13,17H2,1-2H3,(H,37,38)/t26-/m1/s1. The van der Waals surface area contributed by atoms with Crippen LogP contribution in [0.2, 0.25) is 0 Å². The molecule has 1 aliphatic rings. The minimum absolute atomic E-state index is 0.0191. The highest BCUT2D eigenvalue weighted by molar-refractivity contribution is 5.84. The number of piperidine rings is 1. The molecule has 0 bridgehead atoms. The average molecular weight is 545 g/mol. The van der Waals surface area contributed by atoms with Gasteiger partial charge in [0.2, 0.25) is 0 Å². The smallest absolute Gasteiger partial charge is 0.303 e. The molecule has 6 nitrogen and oxygen atoms in total. The number of halogens is 3. The fraction of sp³-hybridized carbons (Fsp3) is 0.467. The summed E-state index contributed by atoms with van der Waals surface area (Å²) in [6.07, 6.45) is 3.99. The van der Waals surface area contributed by atoms with E-state index in [1.165, 1.54) is 0 Å². The Labute approximate surface area is 226 Å². The lowest BCUT2D eigenvalue weighted by Crippen LogP contribution is -2.41. The molecule has 9 heteroatoms. The molecule has 0 aliphatic carbocycles. The van der Waals surface area contributed by atoms with E-state index in [0.29, 0.717) is 63.6 Å². The largest absolute Gasteiger partial charge is 0.497 e. The van der Waals surface area contributed by atoms with Gasteiger partial charge in [0.15, 0.2) is 11.6 Å². The second kappa shape index (κ2) is 12.3. The normalized spacial score (nSPS) is 16.4. The number of carbonyl (C=O) groups is 1. The quantitative estimate of drug-likeness (QED) is 0.290. The number of fused-ring (bicyclic) bond motifs is 1. The maximum absolute atomic E-state index is 14.0. The topological polar surface area (TPSA) is 82.9 Å². The molecular formula is C30H35F3N2O4. The number of hydrogen-bond donors (Lipinski definition) is 2. The first-order chi connectivity index (χ1) is 18.6. The third kappa shape index (κ3) is 6.89. The van der Waals surface area contributed by atoms with Crippen LogP contribution in [-0.2, 0) is 11.2 Å². The Balaban J connectivity index is 1.39. The number of aryl methyl sites for hydroxylation is 2. The summed E-state index contributed by atoms with van der Waals surface area (Å²) in [5.74, 6) is -3.18. The zero-order valence-electron chi connectivity index (χ0n) is 22.4. The first kappa shape index (κ1) is 28.8. The average Bonchev–Trinajstić information content (AvgIpc) is 2.90. The molecule has 0 unspecified atom stereocenters. The number of ether oxygens (including phenoxy) is 1. The van der Waals surface area contributed by atoms with Crippen LogP contribution >= 0.6 is 0 Å². The number of likely N-dealkylation sites (tertiary alicyclic amines) is 1. The number of benzene rings is 2. The second-order valence-corrected chi connectivity index (χ2v) is 10.7. The summed E-state index contributed by atoms with van der Waals surface area (Å²) in [7, 11) is 1.59. The van der Waals surface area contributed by atoms with E-state index in [1.54, 1.807) is 13.3 Å². The number of carboxylic acids is 1. The van der Waals surface area contributed by atoms with Crippen molar-refractivity contribution in [3.05, 3.63) is 70.7 Å². The molecule has 39 heavy (non-hydrogen) atoms. The molecule has 0 radical (unpaired) electrons. The van der Waals surface area contributed by atoms with E-state index in [2.05, 4.69) is 9.88 Å². The number of aliphatic carboxylic acids is 1. The highest BCUT2D eigenvalue weighted by Crippen LogP contribution is 2.42. The monoisotopic (exact) mass is 544 g/mol. The number of methoxy groups -OCH3 is 1. The van der Waals surface area contributed by atoms with E-state index in [-0.39, 0.29) is 18.4 Å². The maximum atomic E-state index is 14.0. The van der Waals surface area contributed by atoms with Crippen molar-refractivity contribution in [3.63, 3.8) is 0 Å². The lowest BCUT2D eigenvalue weighted by molar-refractivity contribution is -0.141. The number of hydrogen-bond acceptors (Lipinski definition) is 5. The Kier molecular flexibility index (Phi) is 9.12. The fourth-order valence-corrected chi connectivity index (χ4v) is 5.82. The zero-order chi connectivity index (χ0) is 28.2. The van der Waals surface area contributed by atoms with Crippen LogP contribution in [0.1, 0.15) is 61.3 Å². The molecule has 1 aromatic heterocycles. The second-order valence-electron chi connectivity index (χ2n) is 10.7. The van der Waals surface area contributed by atoms with Crippen molar-refractivity contribution >= 4 is 16.9 Å². The van der Waals surface area contributed by atoms with E-state index < -0.39 is 34.9 Å². The predicted octanol–water partition coefficient (Wildman–Crippen LogP) is 5.97. The summed E-state index contributed by atoms with van der Waals surface area (Å²) in [6.45, 7) is 3.85. The Morgan fingerprint density at radius 1 is 1.18 bits per heavy atom. The molecule has 1 saturated heterocycles. The summed E-state index contributed by atoms with van der Waals surface area (Å²) in [6, 6.07) is 7.11. The van der Waals surface area contributed by atoms with Crippen LogP contribution in [0.4, 0.5) is 13.2 Å². The van der Waals surface area contributed by atoms with E-state index in [1.807, 2.05) is 25.1 Å². The number of nitrogens with zero attached hydrogens (tertiary/aromatic N) is 2. The molecule has 0 amide bonds. The Morgan fingerprint density at radius 3 is 2.62 bits per heavy atom. The lowest BCUT2D eigenvalue weighted by Gasteiger charge is -2.41. The number of aromatic nitrogens is 1. The molecule has 0 saturated carbocycles. The molecule has 1 aliphatic heterocycles. The van der Waals surface area contributed by atoms with Crippen LogP contribution < -0.4 is 4.74 Å². The van der Waals surface area contributed by atoms with Gasteiger partial charge < -0.3 is 19.8 Å². The van der Waals surface area contributed by atoms with Crippen molar-refractivity contribution in [1.82, 2.24) is 9.88 Å². The number of aliphatic hydroxyl groups is 1. The van der Waals surface area contributed by atoms with Crippen LogP contribution in [-0.4, -0.2) is 52.8 Å². The van der Waals surface area contributed by atoms with Crippen molar-refractivity contribution in [2.75, 3.05) is 26.7 Å². The van der Waals surface area contributed by atoms with Gasteiger partial charge >= 0.3 is 5.97 Å². The van der Waals surface area contributed by atoms with Crippen LogP contribution in [0.3, 0.4) is 0 Å². The van der Waals surface area contributed by atoms with Gasteiger partial charge in [0.05, 0.1) is 25.2 Å². The third-order valence-corrected chi connectivity index (χ3v) is 8.03. The molecule has 2 aromatic carbocycles. The molecule has 2 N–H and O–H groups in total. The summed E-state index contributed by atoms with van der Waals surface area (Å²) >= 11 is 0. The van der Waals surface area contributed by atoms with Crippen LogP contribution in [0.5, 0.6) is 5.75 Å². The van der Waals surface area contributed by atoms with Crippen LogP contribution in [0.15, 0.2) is 36.5 Å². The van der Waals surface area contributed by atoms with Crippen molar-refractivity contribution in [1.29, 1.82) is 0 Å². The minimum Gasteiger partial charge on any atom is -0.497 e. The molecule has 1 atom stereocenters. The van der Waals surface area contributed by atoms with Crippen LogP contribution in [0.25, 0.3) is 10.9 Å². The Bertz CT molecular complexity index is 1330. The Hall–Kier alpha value is -3.17. The molecule has 3 aromatic rings. The van der Waals surface area contributed by atoms with Gasteiger partial charge in [-0.25, -0.2) is 13.2 Å². The highest BCUT2D eigenvalue weighted by Gasteiger charge is 2.37. The molecule has 2 heterocycles. The van der Waals surface area contributed by atoms with Gasteiger partial charge in [-0.2, -0.15) is 0 Å². The van der Waals surface area contributed by atoms with Crippen LogP contribution in [0, 0.1) is 29.8 Å². The Morgan fingerprint density at radius 2 is 1.92 bits per heavy atom. The maximum Gasteiger partial charge on any atom is 0.303 e. The number of rotatable bonds is 11. The molecular weight excluding hydrogens is 509 g/mol. The third-order valence-electron chi connectivity index (χ3n) is 8.03. The minimum atomic E-state index is -1.18. The number of aliphatic hydroxyl groups excluding tert-OH is 1. The van der Waals surface area contributed by atoms with E-state index in [0.717, 1.165) is 28.1 Å². The van der Waals surface area contributed by atoms with Crippen molar-refractivity contribution < 1.29 is 32.9 Å². The summed E-state index contributed by atoms with van der Waals surface area (Å²) in [4.78, 5) is 18.4. The van der Waals surface area contributed by atoms with Gasteiger partial charge in [-0.05, 0) is 111 Å². The van der Waals surface area contributed by atoms with Crippen molar-refractivity contribution in [2.24, 2.45) is 5.41 Å².